The molecule has 1 atom stereocenters. The maximum absolute atomic E-state index is 13.5. The molecule has 1 unspecified atom stereocenters. The molecule has 2 aliphatic heterocycles. The number of hydrogen-bond acceptors (Lipinski definition) is 8. The summed E-state index contributed by atoms with van der Waals surface area (Å²) in [6.45, 7) is 15.9. The third kappa shape index (κ3) is 9.52. The molecule has 52 heavy (non-hydrogen) atoms. The fourth-order valence-corrected chi connectivity index (χ4v) is 10.5. The lowest BCUT2D eigenvalue weighted by Crippen LogP contribution is -2.31. The van der Waals surface area contributed by atoms with Gasteiger partial charge in [-0.05, 0) is 79.0 Å². The van der Waals surface area contributed by atoms with E-state index >= 15 is 0 Å². The number of carboxylic acid groups (broad SMARTS) is 1. The lowest BCUT2D eigenvalue weighted by atomic mass is 9.77. The number of para-hydroxylation sites is 2. The topological polar surface area (TPSA) is 115 Å². The van der Waals surface area contributed by atoms with Gasteiger partial charge in [0.25, 0.3) is 0 Å². The minimum absolute atomic E-state index is 0.0748. The predicted octanol–water partition coefficient (Wildman–Crippen LogP) is 9.62. The Kier molecular flexibility index (Phi) is 14.7. The van der Waals surface area contributed by atoms with E-state index in [-0.39, 0.29) is 37.4 Å². The van der Waals surface area contributed by atoms with Gasteiger partial charge >= 0.3 is 21.2 Å². The van der Waals surface area contributed by atoms with E-state index in [9.17, 15) is 19.0 Å². The molecule has 0 radical (unpaired) electrons. The summed E-state index contributed by atoms with van der Waals surface area (Å²) >= 11 is 0. The fraction of sp³-hybridized carbons (Fsp3) is 0.500. The number of hydrogen-bond donors (Lipinski definition) is 1. The number of nitrogens with zero attached hydrogens (tertiary/aromatic N) is 2. The van der Waals surface area contributed by atoms with Crippen LogP contribution in [-0.4, -0.2) is 73.2 Å². The summed E-state index contributed by atoms with van der Waals surface area (Å²) < 4.78 is 51.7. The van der Waals surface area contributed by atoms with Crippen molar-refractivity contribution in [3.8, 4) is 0 Å². The van der Waals surface area contributed by atoms with E-state index < -0.39 is 26.6 Å². The molecule has 10 nitrogen and oxygen atoms in total. The normalized spacial score (nSPS) is 19.4. The molecule has 0 saturated carbocycles. The van der Waals surface area contributed by atoms with E-state index in [1.807, 2.05) is 70.2 Å². The van der Waals surface area contributed by atoms with E-state index in [1.165, 1.54) is 5.56 Å². The minimum Gasteiger partial charge on any atom is -0.481 e. The highest BCUT2D eigenvalue weighted by Crippen LogP contribution is 2.53. The average Bonchev–Trinajstić information content (AvgIpc) is 3.46. The van der Waals surface area contributed by atoms with Crippen molar-refractivity contribution in [2.24, 2.45) is 0 Å². The van der Waals surface area contributed by atoms with E-state index in [0.717, 1.165) is 28.3 Å². The first-order valence-electron chi connectivity index (χ1n) is 18.4. The monoisotopic (exact) mass is 755 g/mol. The van der Waals surface area contributed by atoms with Gasteiger partial charge in [-0.3, -0.25) is 13.9 Å². The van der Waals surface area contributed by atoms with Crippen LogP contribution in [0.15, 0.2) is 84.6 Å². The molecule has 4 rings (SSSR count). The van der Waals surface area contributed by atoms with Crippen molar-refractivity contribution in [3.05, 3.63) is 95.7 Å². The summed E-state index contributed by atoms with van der Waals surface area (Å²) in [5, 5.41) is 9.45. The van der Waals surface area contributed by atoms with Crippen LogP contribution < -0.4 is 4.90 Å². The van der Waals surface area contributed by atoms with Crippen LogP contribution in [0.2, 0.25) is 0 Å². The molecule has 0 saturated heterocycles. The van der Waals surface area contributed by atoms with Gasteiger partial charge in [0, 0.05) is 47.5 Å². The number of carboxylic acids is 1. The molecule has 0 spiro atoms. The molecule has 0 amide bonds. The first-order valence-corrected chi connectivity index (χ1v) is 21.9. The molecule has 284 valence electrons. The SMILES string of the molecule is CCOP(=O)(CCN1C(=CC=CC=CC2=[N+](CCP(=O)(OCC)OCC)c3ccccc3C2(C)C)C(C)(CCCC(=O)O)c2ccccc21)OCC. The number of benzene rings is 2. The van der Waals surface area contributed by atoms with E-state index in [0.29, 0.717) is 39.1 Å². The summed E-state index contributed by atoms with van der Waals surface area (Å²) in [5.41, 5.74) is 5.66. The van der Waals surface area contributed by atoms with Gasteiger partial charge in [0.05, 0.1) is 38.0 Å². The summed E-state index contributed by atoms with van der Waals surface area (Å²) in [4.78, 5) is 13.7. The van der Waals surface area contributed by atoms with Gasteiger partial charge in [-0.25, -0.2) is 0 Å². The van der Waals surface area contributed by atoms with Gasteiger partial charge in [-0.1, -0.05) is 54.6 Å². The van der Waals surface area contributed by atoms with Crippen LogP contribution in [-0.2, 0) is 42.8 Å². The fourth-order valence-electron chi connectivity index (χ4n) is 7.42. The Morgan fingerprint density at radius 2 is 1.38 bits per heavy atom. The molecular weight excluding hydrogens is 698 g/mol. The Morgan fingerprint density at radius 1 is 0.808 bits per heavy atom. The minimum atomic E-state index is -3.32. The van der Waals surface area contributed by atoms with E-state index in [1.54, 1.807) is 0 Å². The van der Waals surface area contributed by atoms with Gasteiger partial charge in [-0.2, -0.15) is 4.58 Å². The molecule has 2 heterocycles. The third-order valence-electron chi connectivity index (χ3n) is 9.74. The van der Waals surface area contributed by atoms with Gasteiger partial charge in [0.2, 0.25) is 5.69 Å². The van der Waals surface area contributed by atoms with E-state index in [4.69, 9.17) is 18.1 Å². The largest absolute Gasteiger partial charge is 0.481 e. The molecule has 0 aromatic heterocycles. The van der Waals surface area contributed by atoms with Gasteiger partial charge < -0.3 is 28.1 Å². The highest BCUT2D eigenvalue weighted by molar-refractivity contribution is 7.54. The first-order chi connectivity index (χ1) is 24.8. The van der Waals surface area contributed by atoms with Crippen LogP contribution in [0, 0.1) is 0 Å². The van der Waals surface area contributed by atoms with Crippen LogP contribution in [0.4, 0.5) is 11.4 Å². The standard InChI is InChI=1S/C40H56N2O8P2/c1-8-47-51(45,48-9-2)30-28-41-34-22-17-15-20-32(34)39(5,6)36(41)24-13-12-14-25-37-40(7,27-19-26-38(43)44)33-21-16-18-23-35(33)42(37)29-31-52(46,49-10-3)50-11-4/h12-18,20-25H,8-11,19,26-31H2,1-7H3/p+1. The van der Waals surface area contributed by atoms with Crippen molar-refractivity contribution < 1.29 is 41.7 Å². The lowest BCUT2D eigenvalue weighted by molar-refractivity contribution is -0.432. The molecule has 0 aliphatic carbocycles. The van der Waals surface area contributed by atoms with Crippen molar-refractivity contribution in [2.45, 2.75) is 78.6 Å². The molecule has 2 aliphatic rings. The zero-order chi connectivity index (χ0) is 38.0. The number of anilines is 1. The quantitative estimate of drug-likeness (QED) is 0.0756. The number of aliphatic carboxylic acids is 1. The number of rotatable bonds is 21. The summed E-state index contributed by atoms with van der Waals surface area (Å²) in [5.74, 6) is -0.821. The Morgan fingerprint density at radius 3 is 2.00 bits per heavy atom. The zero-order valence-corrected chi connectivity index (χ0v) is 33.7. The number of carbonyl (C=O) groups is 1. The van der Waals surface area contributed by atoms with Crippen molar-refractivity contribution in [3.63, 3.8) is 0 Å². The Balaban J connectivity index is 1.70. The second kappa shape index (κ2) is 18.3. The van der Waals surface area contributed by atoms with Gasteiger partial charge in [0.1, 0.15) is 6.16 Å². The second-order valence-corrected chi connectivity index (χ2v) is 17.9. The van der Waals surface area contributed by atoms with Crippen molar-refractivity contribution >= 4 is 38.2 Å². The van der Waals surface area contributed by atoms with Crippen LogP contribution in [0.5, 0.6) is 0 Å². The van der Waals surface area contributed by atoms with Crippen LogP contribution >= 0.6 is 15.2 Å². The first kappa shape index (κ1) is 41.7. The second-order valence-electron chi connectivity index (χ2n) is 13.6. The smallest absolute Gasteiger partial charge is 0.337 e. The molecular formula is C40H57N2O8P2+. The van der Waals surface area contributed by atoms with Crippen molar-refractivity contribution in [1.82, 2.24) is 0 Å². The Labute approximate surface area is 310 Å². The molecule has 2 aromatic carbocycles. The highest BCUT2D eigenvalue weighted by Gasteiger charge is 2.45. The van der Waals surface area contributed by atoms with Crippen LogP contribution in [0.3, 0.4) is 0 Å². The maximum Gasteiger partial charge on any atom is 0.337 e. The van der Waals surface area contributed by atoms with Crippen molar-refractivity contribution in [1.29, 1.82) is 0 Å². The maximum atomic E-state index is 13.5. The van der Waals surface area contributed by atoms with Crippen LogP contribution in [0.25, 0.3) is 0 Å². The summed E-state index contributed by atoms with van der Waals surface area (Å²) in [6.07, 6.45) is 11.9. The van der Waals surface area contributed by atoms with Crippen LogP contribution in [0.1, 0.15) is 78.9 Å². The Hall–Kier alpha value is -3.10. The van der Waals surface area contributed by atoms with Gasteiger partial charge in [0.15, 0.2) is 12.3 Å². The third-order valence-corrected chi connectivity index (χ3v) is 13.8. The molecule has 1 N–H and O–H groups in total. The zero-order valence-electron chi connectivity index (χ0n) is 31.9. The Bertz CT molecular complexity index is 1760. The molecule has 0 fully saturated rings. The van der Waals surface area contributed by atoms with E-state index in [2.05, 4.69) is 66.7 Å². The van der Waals surface area contributed by atoms with Crippen molar-refractivity contribution in [2.75, 3.05) is 56.7 Å². The predicted molar refractivity (Wildman–Crippen MR) is 210 cm³/mol. The van der Waals surface area contributed by atoms with Gasteiger partial charge in [-0.15, -0.1) is 0 Å². The average molecular weight is 756 g/mol. The summed E-state index contributed by atoms with van der Waals surface area (Å²) in [6, 6.07) is 16.4. The molecule has 2 aromatic rings. The molecule has 12 heteroatoms. The highest BCUT2D eigenvalue weighted by atomic mass is 31.2. The molecule has 0 bridgehead atoms. The summed E-state index contributed by atoms with van der Waals surface area (Å²) in [7, 11) is -6.57. The lowest BCUT2D eigenvalue weighted by Gasteiger charge is -2.31. The number of allylic oxidation sites excluding steroid dienone is 6. The number of fused-ring (bicyclic) bond motifs is 2.